The zero-order valence-electron chi connectivity index (χ0n) is 15.4. The van der Waals surface area contributed by atoms with Gasteiger partial charge < -0.3 is 10.2 Å². The van der Waals surface area contributed by atoms with Gasteiger partial charge in [0.2, 0.25) is 0 Å². The number of piperidine rings is 1. The molecule has 6 heteroatoms. The van der Waals surface area contributed by atoms with E-state index >= 15 is 0 Å². The van der Waals surface area contributed by atoms with Crippen LogP contribution in [0.2, 0.25) is 0 Å². The van der Waals surface area contributed by atoms with Gasteiger partial charge in [0.05, 0.1) is 11.5 Å². The maximum absolute atomic E-state index is 12.2. The Morgan fingerprint density at radius 3 is 2.56 bits per heavy atom. The largest absolute Gasteiger partial charge is 0.357 e. The summed E-state index contributed by atoms with van der Waals surface area (Å²) in [5, 5.41) is 3.33. The maximum Gasteiger partial charge on any atom is 0.193 e. The van der Waals surface area contributed by atoms with E-state index < -0.39 is 9.84 Å². The molecule has 0 atom stereocenters. The van der Waals surface area contributed by atoms with Crippen LogP contribution in [-0.4, -0.2) is 51.2 Å². The Morgan fingerprint density at radius 2 is 1.92 bits per heavy atom. The molecule has 2 rings (SSSR count). The van der Waals surface area contributed by atoms with Crippen molar-refractivity contribution in [2.45, 2.75) is 38.9 Å². The molecule has 1 aliphatic rings. The molecule has 0 aliphatic carbocycles. The second-order valence-corrected chi connectivity index (χ2v) is 9.02. The molecule has 1 saturated heterocycles. The van der Waals surface area contributed by atoms with Crippen LogP contribution in [-0.2, 0) is 15.6 Å². The van der Waals surface area contributed by atoms with Gasteiger partial charge in [0, 0.05) is 26.2 Å². The van der Waals surface area contributed by atoms with Gasteiger partial charge in [-0.3, -0.25) is 4.99 Å². The van der Waals surface area contributed by atoms with Crippen LogP contribution < -0.4 is 5.32 Å². The standard InChI is InChI=1S/C19H31N3O2S/c1-3-20-19(22-13-10-17(2)11-14-22)21-12-7-15-25(23,24)16-18-8-5-4-6-9-18/h4-6,8-9,17H,3,7,10-16H2,1-2H3,(H,20,21). The van der Waals surface area contributed by atoms with E-state index in [2.05, 4.69) is 29.1 Å². The monoisotopic (exact) mass is 365 g/mol. The van der Waals surface area contributed by atoms with E-state index in [0.29, 0.717) is 13.0 Å². The van der Waals surface area contributed by atoms with E-state index in [1.807, 2.05) is 30.3 Å². The lowest BCUT2D eigenvalue weighted by Crippen LogP contribution is -2.45. The number of nitrogens with one attached hydrogen (secondary N) is 1. The molecular weight excluding hydrogens is 334 g/mol. The van der Waals surface area contributed by atoms with Gasteiger partial charge in [0.25, 0.3) is 0 Å². The van der Waals surface area contributed by atoms with Crippen molar-refractivity contribution in [1.82, 2.24) is 10.2 Å². The Kier molecular flexibility index (Phi) is 7.75. The first-order valence-electron chi connectivity index (χ1n) is 9.28. The highest BCUT2D eigenvalue weighted by molar-refractivity contribution is 7.90. The van der Waals surface area contributed by atoms with Gasteiger partial charge in [-0.05, 0) is 37.7 Å². The third kappa shape index (κ3) is 7.06. The molecule has 1 fully saturated rings. The Balaban J connectivity index is 1.82. The summed E-state index contributed by atoms with van der Waals surface area (Å²) in [5.74, 6) is 2.00. The summed E-state index contributed by atoms with van der Waals surface area (Å²) < 4.78 is 24.5. The predicted octanol–water partition coefficient (Wildman–Crippen LogP) is 2.69. The number of benzene rings is 1. The van der Waals surface area contributed by atoms with Gasteiger partial charge in [0.1, 0.15) is 0 Å². The molecule has 140 valence electrons. The summed E-state index contributed by atoms with van der Waals surface area (Å²) in [6.07, 6.45) is 2.94. The van der Waals surface area contributed by atoms with E-state index in [4.69, 9.17) is 0 Å². The summed E-state index contributed by atoms with van der Waals surface area (Å²) in [6.45, 7) is 7.78. The highest BCUT2D eigenvalue weighted by Crippen LogP contribution is 2.16. The molecule has 1 heterocycles. The zero-order chi connectivity index (χ0) is 18.1. The van der Waals surface area contributed by atoms with Gasteiger partial charge in [0.15, 0.2) is 15.8 Å². The molecule has 1 aromatic rings. The fourth-order valence-corrected chi connectivity index (χ4v) is 4.43. The average Bonchev–Trinajstić information content (AvgIpc) is 2.59. The molecule has 1 N–H and O–H groups in total. The van der Waals surface area contributed by atoms with Crippen molar-refractivity contribution in [3.8, 4) is 0 Å². The van der Waals surface area contributed by atoms with Gasteiger partial charge in [-0.15, -0.1) is 0 Å². The minimum atomic E-state index is -3.08. The number of guanidine groups is 1. The molecular formula is C19H31N3O2S. The van der Waals surface area contributed by atoms with Crippen molar-refractivity contribution in [3.05, 3.63) is 35.9 Å². The smallest absolute Gasteiger partial charge is 0.193 e. The molecule has 0 radical (unpaired) electrons. The van der Waals surface area contributed by atoms with Crippen LogP contribution in [0.15, 0.2) is 35.3 Å². The number of aliphatic imine (C=N–C) groups is 1. The Bertz CT molecular complexity index is 636. The topological polar surface area (TPSA) is 61.8 Å². The van der Waals surface area contributed by atoms with Crippen molar-refractivity contribution in [3.63, 3.8) is 0 Å². The molecule has 0 aromatic heterocycles. The SMILES string of the molecule is CCNC(=NCCCS(=O)(=O)Cc1ccccc1)N1CCC(C)CC1. The molecule has 1 aliphatic heterocycles. The highest BCUT2D eigenvalue weighted by atomic mass is 32.2. The Hall–Kier alpha value is -1.56. The Labute approximate surface area is 152 Å². The van der Waals surface area contributed by atoms with Crippen molar-refractivity contribution in [2.75, 3.05) is 31.9 Å². The van der Waals surface area contributed by atoms with E-state index in [0.717, 1.165) is 37.1 Å². The van der Waals surface area contributed by atoms with E-state index in [1.54, 1.807) is 0 Å². The van der Waals surface area contributed by atoms with Crippen LogP contribution in [0.1, 0.15) is 38.7 Å². The Morgan fingerprint density at radius 1 is 1.24 bits per heavy atom. The summed E-state index contributed by atoms with van der Waals surface area (Å²) in [5.41, 5.74) is 0.849. The molecule has 25 heavy (non-hydrogen) atoms. The van der Waals surface area contributed by atoms with Crippen LogP contribution in [0.5, 0.6) is 0 Å². The zero-order valence-corrected chi connectivity index (χ0v) is 16.3. The highest BCUT2D eigenvalue weighted by Gasteiger charge is 2.18. The van der Waals surface area contributed by atoms with Crippen molar-refractivity contribution in [2.24, 2.45) is 10.9 Å². The lowest BCUT2D eigenvalue weighted by atomic mass is 10.00. The van der Waals surface area contributed by atoms with Crippen molar-refractivity contribution >= 4 is 15.8 Å². The van der Waals surface area contributed by atoms with Gasteiger partial charge in [-0.25, -0.2) is 8.42 Å². The minimum Gasteiger partial charge on any atom is -0.357 e. The van der Waals surface area contributed by atoms with Crippen molar-refractivity contribution in [1.29, 1.82) is 0 Å². The summed E-state index contributed by atoms with van der Waals surface area (Å²) >= 11 is 0. The lowest BCUT2D eigenvalue weighted by Gasteiger charge is -2.33. The molecule has 0 unspecified atom stereocenters. The first kappa shape index (κ1) is 19.8. The molecule has 0 spiro atoms. The van der Waals surface area contributed by atoms with Gasteiger partial charge >= 0.3 is 0 Å². The molecule has 5 nitrogen and oxygen atoms in total. The fraction of sp³-hybridized carbons (Fsp3) is 0.632. The van der Waals surface area contributed by atoms with E-state index in [9.17, 15) is 8.42 Å². The summed E-state index contributed by atoms with van der Waals surface area (Å²) in [7, 11) is -3.08. The lowest BCUT2D eigenvalue weighted by molar-refractivity contribution is 0.273. The first-order valence-corrected chi connectivity index (χ1v) is 11.1. The van der Waals surface area contributed by atoms with Crippen LogP contribution in [0.3, 0.4) is 0 Å². The van der Waals surface area contributed by atoms with Crippen LogP contribution >= 0.6 is 0 Å². The quantitative estimate of drug-likeness (QED) is 0.458. The predicted molar refractivity (Wildman–Crippen MR) is 104 cm³/mol. The average molecular weight is 366 g/mol. The van der Waals surface area contributed by atoms with E-state index in [1.165, 1.54) is 12.8 Å². The van der Waals surface area contributed by atoms with Crippen LogP contribution in [0.4, 0.5) is 0 Å². The second-order valence-electron chi connectivity index (χ2n) is 6.84. The maximum atomic E-state index is 12.2. The van der Waals surface area contributed by atoms with E-state index in [-0.39, 0.29) is 11.5 Å². The van der Waals surface area contributed by atoms with Gasteiger partial charge in [-0.1, -0.05) is 37.3 Å². The molecule has 1 aromatic carbocycles. The van der Waals surface area contributed by atoms with Crippen LogP contribution in [0, 0.1) is 5.92 Å². The number of sulfone groups is 1. The second kappa shape index (κ2) is 9.80. The van der Waals surface area contributed by atoms with Gasteiger partial charge in [-0.2, -0.15) is 0 Å². The third-order valence-electron chi connectivity index (χ3n) is 4.52. The first-order chi connectivity index (χ1) is 12.0. The molecule has 0 saturated carbocycles. The number of rotatable bonds is 7. The number of hydrogen-bond donors (Lipinski definition) is 1. The number of likely N-dealkylation sites (tertiary alicyclic amines) is 1. The normalized spacial score (nSPS) is 16.9. The third-order valence-corrected chi connectivity index (χ3v) is 6.21. The van der Waals surface area contributed by atoms with Crippen LogP contribution in [0.25, 0.3) is 0 Å². The molecule has 0 amide bonds. The molecule has 0 bridgehead atoms. The van der Waals surface area contributed by atoms with Crippen molar-refractivity contribution < 1.29 is 8.42 Å². The fourth-order valence-electron chi connectivity index (χ4n) is 3.02. The summed E-state index contributed by atoms with van der Waals surface area (Å²) in [4.78, 5) is 6.93. The summed E-state index contributed by atoms with van der Waals surface area (Å²) in [6, 6.07) is 9.36. The minimum absolute atomic E-state index is 0.113. The number of nitrogens with zero attached hydrogens (tertiary/aromatic N) is 2. The number of hydrogen-bond acceptors (Lipinski definition) is 3.